The molecule has 4 rings (SSSR count). The van der Waals surface area contributed by atoms with E-state index in [4.69, 9.17) is 0 Å². The Hall–Kier alpha value is -2.60. The van der Waals surface area contributed by atoms with Gasteiger partial charge in [0, 0.05) is 0 Å². The summed E-state index contributed by atoms with van der Waals surface area (Å²) in [7, 11) is 0. The van der Waals surface area contributed by atoms with Gasteiger partial charge in [0.25, 0.3) is 0 Å². The molecule has 0 spiro atoms. The summed E-state index contributed by atoms with van der Waals surface area (Å²) in [6, 6.07) is 32.3. The summed E-state index contributed by atoms with van der Waals surface area (Å²) in [6.45, 7) is 0. The quantitative estimate of drug-likeness (QED) is 0.560. The van der Waals surface area contributed by atoms with Crippen molar-refractivity contribution in [1.29, 1.82) is 0 Å². The van der Waals surface area contributed by atoms with E-state index in [2.05, 4.69) is 97.1 Å². The van der Waals surface area contributed by atoms with Crippen molar-refractivity contribution >= 4 is 5.57 Å². The van der Waals surface area contributed by atoms with Gasteiger partial charge in [-0.15, -0.1) is 0 Å². The van der Waals surface area contributed by atoms with E-state index >= 15 is 0 Å². The van der Waals surface area contributed by atoms with Crippen LogP contribution >= 0.6 is 0 Å². The first-order valence-corrected chi connectivity index (χ1v) is 8.29. The van der Waals surface area contributed by atoms with Gasteiger partial charge in [-0.3, -0.25) is 0 Å². The molecule has 1 saturated carbocycles. The maximum absolute atomic E-state index is 2.47. The van der Waals surface area contributed by atoms with E-state index < -0.39 is 0 Å². The lowest BCUT2D eigenvalue weighted by Gasteiger charge is -2.09. The second-order valence-electron chi connectivity index (χ2n) is 6.23. The summed E-state index contributed by atoms with van der Waals surface area (Å²) >= 11 is 0. The molecule has 1 aliphatic rings. The van der Waals surface area contributed by atoms with Crippen molar-refractivity contribution < 1.29 is 0 Å². The molecule has 1 aliphatic carbocycles. The number of hydrogen-bond acceptors (Lipinski definition) is 0. The van der Waals surface area contributed by atoms with Gasteiger partial charge in [0.1, 0.15) is 0 Å². The molecule has 0 bridgehead atoms. The highest BCUT2D eigenvalue weighted by Gasteiger charge is 2.36. The first kappa shape index (κ1) is 14.0. The van der Waals surface area contributed by atoms with Gasteiger partial charge in [-0.25, -0.2) is 0 Å². The second-order valence-corrected chi connectivity index (χ2v) is 6.23. The third-order valence-corrected chi connectivity index (χ3v) is 4.62. The van der Waals surface area contributed by atoms with Gasteiger partial charge < -0.3 is 0 Å². The minimum absolute atomic E-state index is 0.646. The molecule has 23 heavy (non-hydrogen) atoms. The van der Waals surface area contributed by atoms with Gasteiger partial charge >= 0.3 is 0 Å². The lowest BCUT2D eigenvalue weighted by Crippen LogP contribution is -1.89. The van der Waals surface area contributed by atoms with E-state index in [-0.39, 0.29) is 0 Å². The maximum atomic E-state index is 2.47. The van der Waals surface area contributed by atoms with Gasteiger partial charge in [-0.2, -0.15) is 0 Å². The molecule has 3 aromatic carbocycles. The standard InChI is InChI=1S/C23H20/c1-4-10-18(11-5-1)22(19-12-6-2-7-13-19)16-21-17-23(21)20-14-8-3-9-15-20/h1-16,21,23H,17H2/t21-,23+/m1/s1. The van der Waals surface area contributed by atoms with Gasteiger partial charge in [-0.05, 0) is 40.5 Å². The molecule has 1 fully saturated rings. The fraction of sp³-hybridized carbons (Fsp3) is 0.130. The number of benzene rings is 3. The van der Waals surface area contributed by atoms with Crippen LogP contribution in [-0.2, 0) is 0 Å². The SMILES string of the molecule is C(=C(c1ccccc1)c1ccccc1)[C@@H]1C[C@H]1c1ccccc1. The largest absolute Gasteiger partial charge is 0.0723 e. The van der Waals surface area contributed by atoms with Crippen LogP contribution in [0.15, 0.2) is 97.1 Å². The van der Waals surface area contributed by atoms with Crippen LogP contribution < -0.4 is 0 Å². The van der Waals surface area contributed by atoms with E-state index in [0.29, 0.717) is 11.8 Å². The smallest absolute Gasteiger partial charge is 0.00926 e. The van der Waals surface area contributed by atoms with E-state index in [9.17, 15) is 0 Å². The zero-order chi connectivity index (χ0) is 15.5. The van der Waals surface area contributed by atoms with Crippen molar-refractivity contribution in [3.05, 3.63) is 114 Å². The molecule has 0 saturated heterocycles. The highest BCUT2D eigenvalue weighted by molar-refractivity contribution is 5.80. The number of rotatable bonds is 4. The molecule has 0 N–H and O–H groups in total. The molecule has 2 atom stereocenters. The fourth-order valence-corrected chi connectivity index (χ4v) is 3.29. The Morgan fingerprint density at radius 1 is 0.652 bits per heavy atom. The Kier molecular flexibility index (Phi) is 3.81. The molecular weight excluding hydrogens is 276 g/mol. The highest BCUT2D eigenvalue weighted by Crippen LogP contribution is 2.49. The zero-order valence-corrected chi connectivity index (χ0v) is 13.1. The minimum atomic E-state index is 0.646. The van der Waals surface area contributed by atoms with Crippen LogP contribution in [0.25, 0.3) is 5.57 Å². The normalized spacial score (nSPS) is 19.1. The molecule has 0 heterocycles. The van der Waals surface area contributed by atoms with E-state index in [1.807, 2.05) is 0 Å². The Labute approximate surface area is 138 Å². The highest BCUT2D eigenvalue weighted by atomic mass is 14.4. The second kappa shape index (κ2) is 6.26. The van der Waals surface area contributed by atoms with Crippen molar-refractivity contribution in [2.24, 2.45) is 5.92 Å². The monoisotopic (exact) mass is 296 g/mol. The minimum Gasteiger partial charge on any atom is -0.0723 e. The van der Waals surface area contributed by atoms with Crippen molar-refractivity contribution in [1.82, 2.24) is 0 Å². The summed E-state index contributed by atoms with van der Waals surface area (Å²) in [4.78, 5) is 0. The first-order chi connectivity index (χ1) is 11.4. The molecule has 0 radical (unpaired) electrons. The third-order valence-electron chi connectivity index (χ3n) is 4.62. The molecule has 0 aliphatic heterocycles. The third kappa shape index (κ3) is 3.12. The Balaban J connectivity index is 1.67. The summed E-state index contributed by atoms with van der Waals surface area (Å²) in [5.41, 5.74) is 5.43. The fourth-order valence-electron chi connectivity index (χ4n) is 3.29. The summed E-state index contributed by atoms with van der Waals surface area (Å²) in [6.07, 6.45) is 3.73. The van der Waals surface area contributed by atoms with Crippen LogP contribution in [0.1, 0.15) is 29.0 Å². The maximum Gasteiger partial charge on any atom is -0.00926 e. The van der Waals surface area contributed by atoms with Gasteiger partial charge in [0.15, 0.2) is 0 Å². The average molecular weight is 296 g/mol. The molecule has 112 valence electrons. The van der Waals surface area contributed by atoms with Gasteiger partial charge in [0.05, 0.1) is 0 Å². The number of allylic oxidation sites excluding steroid dienone is 1. The predicted octanol–water partition coefficient (Wildman–Crippen LogP) is 5.92. The lowest BCUT2D eigenvalue weighted by atomic mass is 9.96. The van der Waals surface area contributed by atoms with Crippen molar-refractivity contribution in [3.8, 4) is 0 Å². The average Bonchev–Trinajstić information content (AvgIpc) is 3.41. The van der Waals surface area contributed by atoms with E-state index in [0.717, 1.165) is 0 Å². The van der Waals surface area contributed by atoms with Crippen LogP contribution in [0.2, 0.25) is 0 Å². The zero-order valence-electron chi connectivity index (χ0n) is 13.1. The van der Waals surface area contributed by atoms with Crippen LogP contribution in [0.4, 0.5) is 0 Å². The molecular formula is C23H20. The Morgan fingerprint density at radius 2 is 1.13 bits per heavy atom. The van der Waals surface area contributed by atoms with Crippen molar-refractivity contribution in [2.45, 2.75) is 12.3 Å². The molecule has 0 unspecified atom stereocenters. The Bertz CT molecular complexity index is 744. The van der Waals surface area contributed by atoms with E-state index in [1.54, 1.807) is 0 Å². The van der Waals surface area contributed by atoms with Crippen LogP contribution in [-0.4, -0.2) is 0 Å². The summed E-state index contributed by atoms with van der Waals surface area (Å²) in [5, 5.41) is 0. The molecule has 3 aromatic rings. The molecule has 0 heteroatoms. The molecule has 0 aromatic heterocycles. The van der Waals surface area contributed by atoms with Gasteiger partial charge in [0.2, 0.25) is 0 Å². The number of hydrogen-bond donors (Lipinski definition) is 0. The van der Waals surface area contributed by atoms with Gasteiger partial charge in [-0.1, -0.05) is 97.1 Å². The summed E-state index contributed by atoms with van der Waals surface area (Å²) in [5.74, 6) is 1.33. The predicted molar refractivity (Wildman–Crippen MR) is 97.3 cm³/mol. The van der Waals surface area contributed by atoms with E-state index in [1.165, 1.54) is 28.7 Å². The first-order valence-electron chi connectivity index (χ1n) is 8.29. The van der Waals surface area contributed by atoms with Crippen LogP contribution in [0.3, 0.4) is 0 Å². The van der Waals surface area contributed by atoms with Crippen LogP contribution in [0.5, 0.6) is 0 Å². The van der Waals surface area contributed by atoms with Crippen molar-refractivity contribution in [2.75, 3.05) is 0 Å². The molecule has 0 nitrogen and oxygen atoms in total. The topological polar surface area (TPSA) is 0 Å². The van der Waals surface area contributed by atoms with Crippen LogP contribution in [0, 0.1) is 5.92 Å². The molecule has 0 amide bonds. The Morgan fingerprint density at radius 3 is 1.65 bits per heavy atom. The summed E-state index contributed by atoms with van der Waals surface area (Å²) < 4.78 is 0. The van der Waals surface area contributed by atoms with Crippen molar-refractivity contribution in [3.63, 3.8) is 0 Å². The lowest BCUT2D eigenvalue weighted by molar-refractivity contribution is 1.01.